The maximum Gasteiger partial charge on any atom is 0.306 e. The van der Waals surface area contributed by atoms with Gasteiger partial charge in [0.2, 0.25) is 0 Å². The minimum atomic E-state index is -0.776. The number of carbonyl (C=O) groups is 3. The highest BCUT2D eigenvalue weighted by Gasteiger charge is 2.19. The lowest BCUT2D eigenvalue weighted by molar-refractivity contribution is -0.167. The third kappa shape index (κ3) is 64.7. The van der Waals surface area contributed by atoms with Crippen molar-refractivity contribution in [3.05, 3.63) is 24.3 Å². The normalized spacial score (nSPS) is 12.1. The van der Waals surface area contributed by atoms with Gasteiger partial charge in [0, 0.05) is 19.3 Å². The second kappa shape index (κ2) is 67.4. The zero-order chi connectivity index (χ0) is 56.4. The molecule has 78 heavy (non-hydrogen) atoms. The second-order valence-electron chi connectivity index (χ2n) is 24.1. The number of carbonyl (C=O) groups excluding carboxylic acids is 3. The lowest BCUT2D eigenvalue weighted by atomic mass is 10.0. The van der Waals surface area contributed by atoms with Gasteiger partial charge in [-0.1, -0.05) is 334 Å². The molecule has 1 unspecified atom stereocenters. The Bertz CT molecular complexity index is 1260. The van der Waals surface area contributed by atoms with Crippen LogP contribution < -0.4 is 0 Å². The molecule has 0 heterocycles. The van der Waals surface area contributed by atoms with Gasteiger partial charge in [-0.05, 0) is 70.6 Å². The van der Waals surface area contributed by atoms with Crippen molar-refractivity contribution in [2.45, 2.75) is 406 Å². The Labute approximate surface area is 487 Å². The lowest BCUT2D eigenvalue weighted by Gasteiger charge is -2.18. The highest BCUT2D eigenvalue weighted by atomic mass is 16.6. The molecule has 0 saturated carbocycles. The molecule has 0 rings (SSSR count). The van der Waals surface area contributed by atoms with E-state index in [1.165, 1.54) is 289 Å². The summed E-state index contributed by atoms with van der Waals surface area (Å²) in [4.78, 5) is 38.3. The van der Waals surface area contributed by atoms with Gasteiger partial charge in [-0.3, -0.25) is 14.4 Å². The zero-order valence-corrected chi connectivity index (χ0v) is 53.0. The number of unbranched alkanes of at least 4 members (excludes halogenated alkanes) is 51. The molecule has 0 aliphatic heterocycles. The molecule has 0 saturated heterocycles. The van der Waals surface area contributed by atoms with Gasteiger partial charge in [0.05, 0.1) is 0 Å². The highest BCUT2D eigenvalue weighted by molar-refractivity contribution is 5.71. The number of allylic oxidation sites excluding steroid dienone is 4. The summed E-state index contributed by atoms with van der Waals surface area (Å²) >= 11 is 0. The van der Waals surface area contributed by atoms with E-state index in [-0.39, 0.29) is 31.1 Å². The van der Waals surface area contributed by atoms with Crippen LogP contribution in [0, 0.1) is 0 Å². The monoisotopic (exact) mass is 1100 g/mol. The molecule has 460 valence electrons. The molecule has 0 radical (unpaired) electrons. The fourth-order valence-electron chi connectivity index (χ4n) is 10.8. The van der Waals surface area contributed by atoms with Gasteiger partial charge in [0.1, 0.15) is 13.2 Å². The highest BCUT2D eigenvalue weighted by Crippen LogP contribution is 2.19. The van der Waals surface area contributed by atoms with Crippen LogP contribution in [0.1, 0.15) is 400 Å². The van der Waals surface area contributed by atoms with Gasteiger partial charge in [-0.15, -0.1) is 0 Å². The molecule has 6 heteroatoms. The van der Waals surface area contributed by atoms with Crippen molar-refractivity contribution < 1.29 is 28.6 Å². The van der Waals surface area contributed by atoms with E-state index >= 15 is 0 Å². The largest absolute Gasteiger partial charge is 0.462 e. The molecule has 0 aromatic carbocycles. The van der Waals surface area contributed by atoms with Gasteiger partial charge >= 0.3 is 17.9 Å². The van der Waals surface area contributed by atoms with Crippen molar-refractivity contribution in [2.75, 3.05) is 13.2 Å². The molecule has 0 aromatic heterocycles. The molecule has 0 amide bonds. The van der Waals surface area contributed by atoms with Crippen LogP contribution in [0.3, 0.4) is 0 Å². The molecular weight excluding hydrogens is 961 g/mol. The van der Waals surface area contributed by atoms with E-state index in [0.29, 0.717) is 19.3 Å². The summed E-state index contributed by atoms with van der Waals surface area (Å²) in [5, 5.41) is 0. The van der Waals surface area contributed by atoms with Gasteiger partial charge < -0.3 is 14.2 Å². The molecule has 0 N–H and O–H groups in total. The third-order valence-electron chi connectivity index (χ3n) is 16.2. The Kier molecular flexibility index (Phi) is 65.6. The van der Waals surface area contributed by atoms with Crippen LogP contribution in [-0.4, -0.2) is 37.2 Å². The van der Waals surface area contributed by atoms with Crippen LogP contribution in [0.5, 0.6) is 0 Å². The van der Waals surface area contributed by atoms with Gasteiger partial charge in [0.15, 0.2) is 6.10 Å². The summed E-state index contributed by atoms with van der Waals surface area (Å²) in [5.74, 6) is -0.865. The van der Waals surface area contributed by atoms with Crippen LogP contribution in [0.15, 0.2) is 24.3 Å². The predicted octanol–water partition coefficient (Wildman–Crippen LogP) is 24.2. The van der Waals surface area contributed by atoms with Crippen molar-refractivity contribution in [2.24, 2.45) is 0 Å². The average molecular weight is 1100 g/mol. The number of esters is 3. The molecule has 0 aromatic rings. The lowest BCUT2D eigenvalue weighted by Crippen LogP contribution is -2.30. The van der Waals surface area contributed by atoms with E-state index in [1.54, 1.807) is 0 Å². The van der Waals surface area contributed by atoms with E-state index < -0.39 is 6.10 Å². The van der Waals surface area contributed by atoms with Crippen molar-refractivity contribution in [1.82, 2.24) is 0 Å². The Morgan fingerprint density at radius 3 is 0.667 bits per heavy atom. The number of hydrogen-bond acceptors (Lipinski definition) is 6. The minimum Gasteiger partial charge on any atom is -0.462 e. The average Bonchev–Trinajstić information content (AvgIpc) is 3.44. The Morgan fingerprint density at radius 1 is 0.244 bits per heavy atom. The SMILES string of the molecule is CCCCC/C=C\CCCCCCCC(=O)OCC(COC(=O)CCCCCCCCCCCCCCCCCCCCCCCCCCCCCCCCCCC)OC(=O)CCCCCCC/C=C\CCCCCCCC. The first-order valence-corrected chi connectivity index (χ1v) is 35.3. The van der Waals surface area contributed by atoms with Crippen molar-refractivity contribution in [1.29, 1.82) is 0 Å². The molecule has 0 aliphatic rings. The van der Waals surface area contributed by atoms with Crippen LogP contribution >= 0.6 is 0 Å². The van der Waals surface area contributed by atoms with Gasteiger partial charge in [-0.2, -0.15) is 0 Å². The van der Waals surface area contributed by atoms with Crippen LogP contribution in [0.25, 0.3) is 0 Å². The van der Waals surface area contributed by atoms with E-state index in [1.807, 2.05) is 0 Å². The summed E-state index contributed by atoms with van der Waals surface area (Å²) in [6.45, 7) is 6.66. The summed E-state index contributed by atoms with van der Waals surface area (Å²) in [6, 6.07) is 0. The zero-order valence-electron chi connectivity index (χ0n) is 53.0. The molecule has 6 nitrogen and oxygen atoms in total. The molecule has 0 aliphatic carbocycles. The summed E-state index contributed by atoms with van der Waals surface area (Å²) in [6.07, 6.45) is 82.3. The number of rotatable bonds is 66. The van der Waals surface area contributed by atoms with Gasteiger partial charge in [-0.25, -0.2) is 0 Å². The Balaban J connectivity index is 4.04. The first-order chi connectivity index (χ1) is 38.5. The standard InChI is InChI=1S/C72H136O6/c1-4-7-10-13-16-19-22-25-27-28-29-30-31-32-33-34-35-36-37-38-39-40-41-42-43-44-46-47-50-53-56-59-62-65-71(74)77-68-69(67-76-70(73)64-61-58-55-52-49-24-21-18-15-12-9-6-3)78-72(75)66-63-60-57-54-51-48-45-26-23-20-17-14-11-8-5-2/h18,21,26,45,69H,4-17,19-20,22-25,27-44,46-68H2,1-3H3/b21-18-,45-26-. The second-order valence-corrected chi connectivity index (χ2v) is 24.1. The van der Waals surface area contributed by atoms with E-state index in [2.05, 4.69) is 45.1 Å². The number of ether oxygens (including phenoxy) is 3. The fraction of sp³-hybridized carbons (Fsp3) is 0.903. The maximum atomic E-state index is 12.9. The molecule has 1 atom stereocenters. The van der Waals surface area contributed by atoms with Crippen molar-refractivity contribution in [3.8, 4) is 0 Å². The van der Waals surface area contributed by atoms with Crippen molar-refractivity contribution >= 4 is 17.9 Å². The first-order valence-electron chi connectivity index (χ1n) is 35.3. The van der Waals surface area contributed by atoms with E-state index in [4.69, 9.17) is 14.2 Å². The van der Waals surface area contributed by atoms with E-state index in [0.717, 1.165) is 70.6 Å². The van der Waals surface area contributed by atoms with Crippen molar-refractivity contribution in [3.63, 3.8) is 0 Å². The fourth-order valence-corrected chi connectivity index (χ4v) is 10.8. The summed E-state index contributed by atoms with van der Waals surface area (Å²) in [5.41, 5.74) is 0. The number of hydrogen-bond donors (Lipinski definition) is 0. The van der Waals surface area contributed by atoms with E-state index in [9.17, 15) is 14.4 Å². The van der Waals surface area contributed by atoms with Crippen LogP contribution in [0.2, 0.25) is 0 Å². The molecule has 0 fully saturated rings. The van der Waals surface area contributed by atoms with Crippen LogP contribution in [0.4, 0.5) is 0 Å². The quantitative estimate of drug-likeness (QED) is 0.0261. The summed E-state index contributed by atoms with van der Waals surface area (Å²) < 4.78 is 16.9. The maximum absolute atomic E-state index is 12.9. The Morgan fingerprint density at radius 2 is 0.423 bits per heavy atom. The predicted molar refractivity (Wildman–Crippen MR) is 340 cm³/mol. The molecular formula is C72H136O6. The van der Waals surface area contributed by atoms with Gasteiger partial charge in [0.25, 0.3) is 0 Å². The minimum absolute atomic E-state index is 0.0725. The smallest absolute Gasteiger partial charge is 0.306 e. The topological polar surface area (TPSA) is 78.9 Å². The Hall–Kier alpha value is -2.11. The van der Waals surface area contributed by atoms with Crippen LogP contribution in [-0.2, 0) is 28.6 Å². The first kappa shape index (κ1) is 75.9. The summed E-state index contributed by atoms with van der Waals surface area (Å²) in [7, 11) is 0. The third-order valence-corrected chi connectivity index (χ3v) is 16.2. The molecule has 0 bridgehead atoms. The molecule has 0 spiro atoms.